The van der Waals surface area contributed by atoms with Crippen molar-refractivity contribution in [3.63, 3.8) is 0 Å². The van der Waals surface area contributed by atoms with Crippen molar-refractivity contribution >= 4 is 17.5 Å². The molecule has 2 aromatic rings. The average molecular weight is 329 g/mol. The van der Waals surface area contributed by atoms with Crippen LogP contribution in [0.3, 0.4) is 0 Å². The van der Waals surface area contributed by atoms with E-state index in [1.54, 1.807) is 6.20 Å². The Hall–Kier alpha value is -2.64. The number of nitrogens with one attached hydrogen (secondary N) is 2. The molecule has 24 heavy (non-hydrogen) atoms. The molecule has 8 heteroatoms. The first-order chi connectivity index (χ1) is 11.6. The number of carbonyl (C=O) groups excluding carboxylic acids is 1. The van der Waals surface area contributed by atoms with E-state index < -0.39 is 0 Å². The Morgan fingerprint density at radius 2 is 2.25 bits per heavy atom. The second kappa shape index (κ2) is 6.86. The van der Waals surface area contributed by atoms with E-state index in [9.17, 15) is 4.79 Å². The van der Waals surface area contributed by atoms with Crippen molar-refractivity contribution in [2.24, 2.45) is 0 Å². The van der Waals surface area contributed by atoms with Crippen molar-refractivity contribution in [2.45, 2.75) is 38.8 Å². The number of aromatic nitrogens is 4. The molecular weight excluding hydrogens is 306 g/mol. The maximum atomic E-state index is 12.3. The summed E-state index contributed by atoms with van der Waals surface area (Å²) in [5.41, 5.74) is 0.657. The van der Waals surface area contributed by atoms with Crippen LogP contribution in [0.25, 0.3) is 0 Å². The molecule has 1 aliphatic heterocycles. The van der Waals surface area contributed by atoms with E-state index in [1.165, 1.54) is 0 Å². The zero-order valence-corrected chi connectivity index (χ0v) is 14.3. The molecule has 2 N–H and O–H groups in total. The summed E-state index contributed by atoms with van der Waals surface area (Å²) in [6, 6.07) is 3.33. The molecule has 8 nitrogen and oxygen atoms in total. The third kappa shape index (κ3) is 3.47. The topological polar surface area (TPSA) is 88.0 Å². The van der Waals surface area contributed by atoms with E-state index in [-0.39, 0.29) is 12.1 Å². The van der Waals surface area contributed by atoms with Crippen LogP contribution in [-0.2, 0) is 13.0 Å². The quantitative estimate of drug-likeness (QED) is 0.895. The van der Waals surface area contributed by atoms with Gasteiger partial charge in [-0.3, -0.25) is 0 Å². The summed E-state index contributed by atoms with van der Waals surface area (Å²) < 4.78 is 1.90. The molecule has 3 heterocycles. The summed E-state index contributed by atoms with van der Waals surface area (Å²) in [6.45, 7) is 2.89. The van der Waals surface area contributed by atoms with Crippen molar-refractivity contribution in [3.8, 4) is 0 Å². The summed E-state index contributed by atoms with van der Waals surface area (Å²) >= 11 is 0. The fraction of sp³-hybridized carbons (Fsp3) is 0.500. The van der Waals surface area contributed by atoms with Crippen LogP contribution in [0, 0.1) is 0 Å². The molecule has 1 aliphatic rings. The lowest BCUT2D eigenvalue weighted by Gasteiger charge is -2.23. The molecule has 2 aromatic heterocycles. The first kappa shape index (κ1) is 16.2. The van der Waals surface area contributed by atoms with Crippen LogP contribution in [-0.4, -0.2) is 39.9 Å². The zero-order chi connectivity index (χ0) is 17.1. The Bertz CT molecular complexity index is 708. The molecule has 0 saturated heterocycles. The summed E-state index contributed by atoms with van der Waals surface area (Å²) in [6.07, 6.45) is 4.28. The predicted molar refractivity (Wildman–Crippen MR) is 92.1 cm³/mol. The van der Waals surface area contributed by atoms with Gasteiger partial charge in [0.15, 0.2) is 5.82 Å². The number of amides is 2. The lowest BCUT2D eigenvalue weighted by Crippen LogP contribution is -2.36. The average Bonchev–Trinajstić information content (AvgIpc) is 2.99. The third-order valence-electron chi connectivity index (χ3n) is 4.00. The normalized spacial score (nSPS) is 16.4. The van der Waals surface area contributed by atoms with Crippen LogP contribution in [0.2, 0.25) is 0 Å². The maximum Gasteiger partial charge on any atom is 0.319 e. The number of hydrogen-bond acceptors (Lipinski definition) is 5. The van der Waals surface area contributed by atoms with Gasteiger partial charge in [0.25, 0.3) is 0 Å². The van der Waals surface area contributed by atoms with Crippen LogP contribution in [0.4, 0.5) is 16.3 Å². The van der Waals surface area contributed by atoms with Crippen molar-refractivity contribution in [3.05, 3.63) is 30.0 Å². The number of carbonyl (C=O) groups is 1. The lowest BCUT2D eigenvalue weighted by molar-refractivity contribution is 0.244. The molecule has 0 aliphatic carbocycles. The summed E-state index contributed by atoms with van der Waals surface area (Å²) in [5.74, 6) is 2.50. The number of rotatable bonds is 4. The van der Waals surface area contributed by atoms with E-state index in [4.69, 9.17) is 0 Å². The maximum absolute atomic E-state index is 12.3. The van der Waals surface area contributed by atoms with Crippen LogP contribution >= 0.6 is 0 Å². The van der Waals surface area contributed by atoms with Gasteiger partial charge in [0.05, 0.1) is 17.9 Å². The fourth-order valence-electron chi connectivity index (χ4n) is 2.74. The molecule has 2 amide bonds. The number of nitrogens with zero attached hydrogens (tertiary/aromatic N) is 5. The molecular formula is C16H23N7O. The SMILES string of the molecule is CCc1nc2n(n1)CCC[C@@H]2NC(=O)Nc1ccc(N(C)C)nc1. The van der Waals surface area contributed by atoms with E-state index in [0.29, 0.717) is 5.69 Å². The van der Waals surface area contributed by atoms with Crippen molar-refractivity contribution in [1.29, 1.82) is 0 Å². The smallest absolute Gasteiger partial charge is 0.319 e. The molecule has 0 spiro atoms. The van der Waals surface area contributed by atoms with E-state index in [1.807, 2.05) is 42.7 Å². The Balaban J connectivity index is 1.64. The van der Waals surface area contributed by atoms with E-state index in [2.05, 4.69) is 25.7 Å². The van der Waals surface area contributed by atoms with Gasteiger partial charge in [0, 0.05) is 27.1 Å². The van der Waals surface area contributed by atoms with Gasteiger partial charge in [-0.25, -0.2) is 19.4 Å². The minimum atomic E-state index is -0.256. The van der Waals surface area contributed by atoms with Crippen molar-refractivity contribution in [1.82, 2.24) is 25.1 Å². The molecule has 0 aromatic carbocycles. The third-order valence-corrected chi connectivity index (χ3v) is 4.00. The lowest BCUT2D eigenvalue weighted by atomic mass is 10.1. The molecule has 1 atom stereocenters. The Morgan fingerprint density at radius 3 is 2.92 bits per heavy atom. The second-order valence-electron chi connectivity index (χ2n) is 6.06. The van der Waals surface area contributed by atoms with Crippen LogP contribution in [0.15, 0.2) is 18.3 Å². The van der Waals surface area contributed by atoms with Gasteiger partial charge in [-0.1, -0.05) is 6.92 Å². The number of pyridine rings is 1. The molecule has 0 radical (unpaired) electrons. The van der Waals surface area contributed by atoms with Crippen molar-refractivity contribution < 1.29 is 4.79 Å². The van der Waals surface area contributed by atoms with Gasteiger partial charge in [0.2, 0.25) is 0 Å². The van der Waals surface area contributed by atoms with Crippen LogP contribution < -0.4 is 15.5 Å². The minimum absolute atomic E-state index is 0.111. The number of hydrogen-bond donors (Lipinski definition) is 2. The van der Waals surface area contributed by atoms with Gasteiger partial charge in [-0.15, -0.1) is 0 Å². The first-order valence-electron chi connectivity index (χ1n) is 8.21. The largest absolute Gasteiger partial charge is 0.363 e. The summed E-state index contributed by atoms with van der Waals surface area (Å²) in [4.78, 5) is 23.0. The molecule has 0 saturated carbocycles. The molecule has 3 rings (SSSR count). The Kier molecular flexibility index (Phi) is 4.64. The molecule has 0 fully saturated rings. The number of urea groups is 1. The van der Waals surface area contributed by atoms with Gasteiger partial charge in [-0.2, -0.15) is 5.10 Å². The molecule has 0 bridgehead atoms. The van der Waals surface area contributed by atoms with Crippen LogP contribution in [0.1, 0.15) is 37.5 Å². The van der Waals surface area contributed by atoms with Crippen molar-refractivity contribution in [2.75, 3.05) is 24.3 Å². The van der Waals surface area contributed by atoms with Gasteiger partial charge < -0.3 is 15.5 Å². The Morgan fingerprint density at radius 1 is 1.42 bits per heavy atom. The second-order valence-corrected chi connectivity index (χ2v) is 6.06. The highest BCUT2D eigenvalue weighted by molar-refractivity contribution is 5.89. The first-order valence-corrected chi connectivity index (χ1v) is 8.21. The highest BCUT2D eigenvalue weighted by Gasteiger charge is 2.25. The summed E-state index contributed by atoms with van der Waals surface area (Å²) in [5, 5.41) is 10.3. The minimum Gasteiger partial charge on any atom is -0.363 e. The number of fused-ring (bicyclic) bond motifs is 1. The van der Waals surface area contributed by atoms with Crippen LogP contribution in [0.5, 0.6) is 0 Å². The zero-order valence-electron chi connectivity index (χ0n) is 14.3. The number of anilines is 2. The Labute approximate surface area is 141 Å². The van der Waals surface area contributed by atoms with Gasteiger partial charge in [-0.05, 0) is 25.0 Å². The number of aryl methyl sites for hydroxylation is 2. The summed E-state index contributed by atoms with van der Waals surface area (Å²) in [7, 11) is 3.85. The van der Waals surface area contributed by atoms with Gasteiger partial charge in [0.1, 0.15) is 11.6 Å². The fourth-order valence-corrected chi connectivity index (χ4v) is 2.74. The predicted octanol–water partition coefficient (Wildman–Crippen LogP) is 1.96. The monoisotopic (exact) mass is 329 g/mol. The highest BCUT2D eigenvalue weighted by Crippen LogP contribution is 2.23. The van der Waals surface area contributed by atoms with E-state index in [0.717, 1.165) is 43.3 Å². The molecule has 128 valence electrons. The van der Waals surface area contributed by atoms with E-state index >= 15 is 0 Å². The molecule has 0 unspecified atom stereocenters. The van der Waals surface area contributed by atoms with Gasteiger partial charge >= 0.3 is 6.03 Å². The highest BCUT2D eigenvalue weighted by atomic mass is 16.2. The standard InChI is InChI=1S/C16H23N7O/c1-4-13-20-15-12(6-5-9-23(15)21-13)19-16(24)18-11-7-8-14(17-10-11)22(2)3/h7-8,10,12H,4-6,9H2,1-3H3,(H2,18,19,24)/t12-/m0/s1.